The topological polar surface area (TPSA) is 39.2 Å². The van der Waals surface area contributed by atoms with Crippen molar-refractivity contribution >= 4 is 28.4 Å². The molecule has 0 aliphatic heterocycles. The third kappa shape index (κ3) is 2.35. The van der Waals surface area contributed by atoms with Gasteiger partial charge in [0.1, 0.15) is 10.9 Å². The van der Waals surface area contributed by atoms with Crippen LogP contribution in [0.25, 0.3) is 0 Å². The number of hydrogen-bond acceptors (Lipinski definition) is 3. The van der Waals surface area contributed by atoms with Crippen LogP contribution in [-0.4, -0.2) is 17.3 Å². The van der Waals surface area contributed by atoms with Crippen LogP contribution in [0.1, 0.15) is 22.3 Å². The Bertz CT molecular complexity index is 398. The SMILES string of the molecule is COc1c(C(=O)Cl)cnc(Cl)c1C(F)F. The normalized spacial score (nSPS) is 10.5. The second-order valence-corrected chi connectivity index (χ2v) is 3.19. The van der Waals surface area contributed by atoms with Crippen LogP contribution in [0.2, 0.25) is 5.15 Å². The number of rotatable bonds is 3. The van der Waals surface area contributed by atoms with Crippen molar-refractivity contribution in [1.29, 1.82) is 0 Å². The Morgan fingerprint density at radius 3 is 2.60 bits per heavy atom. The van der Waals surface area contributed by atoms with E-state index < -0.39 is 22.4 Å². The number of hydrogen-bond donors (Lipinski definition) is 0. The van der Waals surface area contributed by atoms with Crippen LogP contribution in [0.15, 0.2) is 6.20 Å². The summed E-state index contributed by atoms with van der Waals surface area (Å²) in [7, 11) is 1.14. The molecule has 0 N–H and O–H groups in total. The molecule has 0 aliphatic rings. The molecule has 0 atom stereocenters. The number of methoxy groups -OCH3 is 1. The van der Waals surface area contributed by atoms with E-state index >= 15 is 0 Å². The highest BCUT2D eigenvalue weighted by atomic mass is 35.5. The summed E-state index contributed by atoms with van der Waals surface area (Å²) in [6.07, 6.45) is -1.90. The first kappa shape index (κ1) is 12.1. The molecule has 0 radical (unpaired) electrons. The number of nitrogens with zero attached hydrogens (tertiary/aromatic N) is 1. The van der Waals surface area contributed by atoms with E-state index in [2.05, 4.69) is 9.72 Å². The first-order valence-electron chi connectivity index (χ1n) is 3.69. The van der Waals surface area contributed by atoms with Crippen LogP contribution >= 0.6 is 23.2 Å². The Kier molecular flexibility index (Phi) is 3.82. The van der Waals surface area contributed by atoms with Gasteiger partial charge in [-0.2, -0.15) is 0 Å². The Morgan fingerprint density at radius 2 is 2.20 bits per heavy atom. The molecule has 82 valence electrons. The van der Waals surface area contributed by atoms with Gasteiger partial charge in [0.15, 0.2) is 0 Å². The van der Waals surface area contributed by atoms with Crippen LogP contribution in [0, 0.1) is 0 Å². The summed E-state index contributed by atoms with van der Waals surface area (Å²) in [6, 6.07) is 0. The maximum absolute atomic E-state index is 12.6. The minimum atomic E-state index is -2.89. The summed E-state index contributed by atoms with van der Waals surface area (Å²) in [5, 5.41) is -1.35. The van der Waals surface area contributed by atoms with Gasteiger partial charge in [-0.3, -0.25) is 4.79 Å². The molecular formula is C8H5Cl2F2NO2. The Balaban J connectivity index is 3.47. The first-order chi connectivity index (χ1) is 6.99. The third-order valence-corrected chi connectivity index (χ3v) is 2.16. The summed E-state index contributed by atoms with van der Waals surface area (Å²) < 4.78 is 29.8. The fourth-order valence-electron chi connectivity index (χ4n) is 1.04. The summed E-state index contributed by atoms with van der Waals surface area (Å²) in [5.74, 6) is -0.343. The summed E-state index contributed by atoms with van der Waals surface area (Å²) in [4.78, 5) is 14.3. The van der Waals surface area contributed by atoms with Gasteiger partial charge in [0.2, 0.25) is 0 Å². The number of carbonyl (C=O) groups excluding carboxylic acids is 1. The van der Waals surface area contributed by atoms with Crippen molar-refractivity contribution in [1.82, 2.24) is 4.98 Å². The lowest BCUT2D eigenvalue weighted by Crippen LogP contribution is -2.03. The quantitative estimate of drug-likeness (QED) is 0.616. The van der Waals surface area contributed by atoms with E-state index in [1.165, 1.54) is 0 Å². The highest BCUT2D eigenvalue weighted by molar-refractivity contribution is 6.68. The van der Waals surface area contributed by atoms with Crippen LogP contribution in [0.5, 0.6) is 5.75 Å². The molecule has 0 saturated heterocycles. The Labute approximate surface area is 94.0 Å². The predicted octanol–water partition coefficient (Wildman–Crippen LogP) is 3.06. The molecule has 1 heterocycles. The van der Waals surface area contributed by atoms with Crippen LogP contribution in [-0.2, 0) is 0 Å². The molecule has 0 amide bonds. The lowest BCUT2D eigenvalue weighted by atomic mass is 10.2. The maximum Gasteiger partial charge on any atom is 0.270 e. The van der Waals surface area contributed by atoms with Crippen molar-refractivity contribution in [3.8, 4) is 5.75 Å². The molecule has 0 saturated carbocycles. The predicted molar refractivity (Wildman–Crippen MR) is 50.9 cm³/mol. The van der Waals surface area contributed by atoms with Gasteiger partial charge < -0.3 is 4.74 Å². The largest absolute Gasteiger partial charge is 0.495 e. The lowest BCUT2D eigenvalue weighted by Gasteiger charge is -2.11. The number of pyridine rings is 1. The van der Waals surface area contributed by atoms with E-state index in [4.69, 9.17) is 23.2 Å². The average molecular weight is 256 g/mol. The standard InChI is InChI=1S/C8H5Cl2F2NO2/c1-15-5-3(7(10)14)2-13-6(9)4(5)8(11)12/h2,8H,1H3. The van der Waals surface area contributed by atoms with Crippen molar-refractivity contribution in [2.75, 3.05) is 7.11 Å². The Morgan fingerprint density at radius 1 is 1.60 bits per heavy atom. The van der Waals surface area contributed by atoms with E-state index in [1.54, 1.807) is 0 Å². The molecule has 1 rings (SSSR count). The van der Waals surface area contributed by atoms with Gasteiger partial charge in [-0.15, -0.1) is 0 Å². The molecular weight excluding hydrogens is 251 g/mol. The van der Waals surface area contributed by atoms with E-state index in [0.29, 0.717) is 0 Å². The molecule has 15 heavy (non-hydrogen) atoms. The average Bonchev–Trinajstić information content (AvgIpc) is 2.15. The fraction of sp³-hybridized carbons (Fsp3) is 0.250. The van der Waals surface area contributed by atoms with E-state index in [0.717, 1.165) is 13.3 Å². The van der Waals surface area contributed by atoms with Crippen molar-refractivity contribution in [3.63, 3.8) is 0 Å². The smallest absolute Gasteiger partial charge is 0.270 e. The molecule has 0 unspecified atom stereocenters. The zero-order chi connectivity index (χ0) is 11.6. The number of aromatic nitrogens is 1. The van der Waals surface area contributed by atoms with Gasteiger partial charge in [0, 0.05) is 6.20 Å². The fourth-order valence-corrected chi connectivity index (χ4v) is 1.39. The highest BCUT2D eigenvalue weighted by Crippen LogP contribution is 2.36. The zero-order valence-electron chi connectivity index (χ0n) is 7.43. The molecule has 1 aromatic heterocycles. The van der Waals surface area contributed by atoms with Gasteiger partial charge >= 0.3 is 0 Å². The van der Waals surface area contributed by atoms with Crippen molar-refractivity contribution in [2.45, 2.75) is 6.43 Å². The summed E-state index contributed by atoms with van der Waals surface area (Å²) >= 11 is 10.6. The molecule has 7 heteroatoms. The molecule has 1 aromatic rings. The molecule has 0 aromatic carbocycles. The van der Waals surface area contributed by atoms with E-state index in [1.807, 2.05) is 0 Å². The highest BCUT2D eigenvalue weighted by Gasteiger charge is 2.24. The summed E-state index contributed by atoms with van der Waals surface area (Å²) in [6.45, 7) is 0. The van der Waals surface area contributed by atoms with Gasteiger partial charge in [-0.05, 0) is 11.6 Å². The van der Waals surface area contributed by atoms with Crippen LogP contribution < -0.4 is 4.74 Å². The number of carbonyl (C=O) groups is 1. The van der Waals surface area contributed by atoms with E-state index in [9.17, 15) is 13.6 Å². The van der Waals surface area contributed by atoms with Crippen molar-refractivity contribution < 1.29 is 18.3 Å². The number of halogens is 4. The third-order valence-electron chi connectivity index (χ3n) is 1.65. The van der Waals surface area contributed by atoms with Gasteiger partial charge in [-0.25, -0.2) is 13.8 Å². The number of ether oxygens (including phenoxy) is 1. The monoisotopic (exact) mass is 255 g/mol. The zero-order valence-corrected chi connectivity index (χ0v) is 8.94. The van der Waals surface area contributed by atoms with E-state index in [-0.39, 0.29) is 11.3 Å². The first-order valence-corrected chi connectivity index (χ1v) is 4.45. The second kappa shape index (κ2) is 4.72. The molecule has 0 aliphatic carbocycles. The Hall–Kier alpha value is -0.940. The molecule has 0 bridgehead atoms. The summed E-state index contributed by atoms with van der Waals surface area (Å²) in [5.41, 5.74) is -0.871. The maximum atomic E-state index is 12.6. The molecule has 3 nitrogen and oxygen atoms in total. The minimum absolute atomic E-state index is 0.237. The second-order valence-electron chi connectivity index (χ2n) is 2.48. The van der Waals surface area contributed by atoms with Crippen LogP contribution in [0.3, 0.4) is 0 Å². The lowest BCUT2D eigenvalue weighted by molar-refractivity contribution is 0.107. The van der Waals surface area contributed by atoms with Crippen molar-refractivity contribution in [2.24, 2.45) is 0 Å². The van der Waals surface area contributed by atoms with Gasteiger partial charge in [-0.1, -0.05) is 11.6 Å². The molecule has 0 fully saturated rings. The minimum Gasteiger partial charge on any atom is -0.495 e. The van der Waals surface area contributed by atoms with Gasteiger partial charge in [0.05, 0.1) is 18.2 Å². The van der Waals surface area contributed by atoms with Crippen LogP contribution in [0.4, 0.5) is 8.78 Å². The number of alkyl halides is 2. The molecule has 0 spiro atoms. The van der Waals surface area contributed by atoms with Gasteiger partial charge in [0.25, 0.3) is 11.7 Å². The van der Waals surface area contributed by atoms with Crippen molar-refractivity contribution in [3.05, 3.63) is 22.5 Å².